The minimum Gasteiger partial charge on any atom is -0.423 e. The van der Waals surface area contributed by atoms with E-state index in [4.69, 9.17) is 38.8 Å². The second-order valence-electron chi connectivity index (χ2n) is 18.8. The van der Waals surface area contributed by atoms with Crippen molar-refractivity contribution in [2.24, 2.45) is 17.8 Å². The van der Waals surface area contributed by atoms with Crippen LogP contribution in [0.5, 0.6) is 0 Å². The van der Waals surface area contributed by atoms with Crippen molar-refractivity contribution < 1.29 is 82.4 Å². The number of halogens is 10. The van der Waals surface area contributed by atoms with E-state index in [1.807, 2.05) is 63.2 Å². The molecule has 0 aliphatic carbocycles. The fourth-order valence-electron chi connectivity index (χ4n) is 8.90. The summed E-state index contributed by atoms with van der Waals surface area (Å²) in [4.78, 5) is 10.8. The van der Waals surface area contributed by atoms with Crippen LogP contribution in [0.15, 0.2) is 139 Å². The van der Waals surface area contributed by atoms with Gasteiger partial charge in [-0.25, -0.2) is 0 Å². The second kappa shape index (κ2) is 45.7. The zero-order valence-corrected chi connectivity index (χ0v) is 65.0. The Morgan fingerprint density at radius 1 is 0.598 bits per heavy atom. The molecule has 2 saturated heterocycles. The average Bonchev–Trinajstić information content (AvgIpc) is 3.44. The molecule has 0 aromatic heterocycles. The largest absolute Gasteiger partial charge is 0.488 e. The summed E-state index contributed by atoms with van der Waals surface area (Å²) >= 11 is 23.0. The number of esters is 1. The summed E-state index contributed by atoms with van der Waals surface area (Å²) in [7, 11) is -1.38. The van der Waals surface area contributed by atoms with Crippen molar-refractivity contribution in [3.8, 4) is 0 Å². The first kappa shape index (κ1) is 83.6. The van der Waals surface area contributed by atoms with Crippen LogP contribution in [0.1, 0.15) is 110 Å². The molecule has 8 rings (SSSR count). The standard InChI is InChI=1S/C14H19BrO3.C14H17BrO.C12H15BrO5.C10H16O3.C6H6BBrO2.CH4.I3.I2.HI/c1-3-11-8(2)12(16)13(17)14(18-11)9-5-4-6-10(15)7-9;1-3-13-10(2)7-8-14(16-13)11-5-4-6-12(15)9-11;13-7-3-1-2-6(4-7)12-11(17)10(16)9(15)8(5-14)18-12;1-4-9-7(2)10(5-6-12-9)13-8(3)11;8-6-3-1-2-5(4-6)7(9)10;;1-3-2;1-2;/h4-8,11-14,16-17H,3H2,1-2H3;4-10,13-14H,3H2,1-2H3;1-4,8-12,14-17H,5H2;5-7,9-10H,4H2,1-3H3;1-4,9-10H;1H4;;;1H/q;;;;;;-1;;/t8-,11-,12+,13+,14-;10-,13+,14-;8-,9-,10+,11+,12-;7-,9-,10-;;;;;/m1011...../s1. The summed E-state index contributed by atoms with van der Waals surface area (Å²) < 4.78 is 31.7. The first-order valence-electron chi connectivity index (χ1n) is 25.6. The first-order chi connectivity index (χ1) is 38.0. The van der Waals surface area contributed by atoms with E-state index >= 15 is 0 Å². The number of hydrogen-bond donors (Lipinski definition) is 8. The number of hydrogen-bond acceptors (Lipinski definition) is 14. The fraction of sp³-hybridized carbons (Fsp3) is 0.491. The summed E-state index contributed by atoms with van der Waals surface area (Å²) in [6, 6.07) is 30.0. The Hall–Kier alpha value is 1.55. The van der Waals surface area contributed by atoms with Crippen LogP contribution in [-0.2, 0) is 28.5 Å². The van der Waals surface area contributed by atoms with Crippen molar-refractivity contribution in [3.05, 3.63) is 156 Å². The van der Waals surface area contributed by atoms with E-state index in [0.717, 1.165) is 42.7 Å². The summed E-state index contributed by atoms with van der Waals surface area (Å²) in [5.41, 5.74) is 3.27. The zero-order chi connectivity index (χ0) is 60.2. The molecule has 4 aliphatic heterocycles. The van der Waals surface area contributed by atoms with Gasteiger partial charge >= 0.3 is 63.6 Å². The quantitative estimate of drug-likeness (QED) is 0.0338. The maximum atomic E-state index is 10.8. The molecular weight excluding hydrogens is 2000 g/mol. The molecule has 0 saturated carbocycles. The van der Waals surface area contributed by atoms with Crippen molar-refractivity contribution in [2.75, 3.05) is 6.61 Å². The molecule has 14 nitrogen and oxygen atoms in total. The van der Waals surface area contributed by atoms with Crippen LogP contribution in [0.3, 0.4) is 0 Å². The number of aliphatic hydroxyl groups excluding tert-OH is 6. The number of carbonyl (C=O) groups is 1. The maximum absolute atomic E-state index is 10.8. The van der Waals surface area contributed by atoms with Gasteiger partial charge in [-0.15, -0.1) is 24.0 Å². The maximum Gasteiger partial charge on any atom is 0.488 e. The van der Waals surface area contributed by atoms with Gasteiger partial charge in [-0.2, -0.15) is 0 Å². The molecule has 0 unspecified atom stereocenters. The molecule has 8 N–H and O–H groups in total. The topological polar surface area (TPSA) is 225 Å². The summed E-state index contributed by atoms with van der Waals surface area (Å²) in [5.74, 6) is 0.471. The molecule has 4 aromatic rings. The first-order valence-corrected chi connectivity index (χ1v) is 47.6. The zero-order valence-electron chi connectivity index (χ0n) is 45.5. The molecule has 0 amide bonds. The van der Waals surface area contributed by atoms with E-state index in [1.165, 1.54) is 12.5 Å². The van der Waals surface area contributed by atoms with E-state index in [1.54, 1.807) is 48.7 Å². The molecule has 4 aromatic carbocycles. The molecular formula is C57H78BBr4I6O14-. The Labute approximate surface area is 589 Å². The van der Waals surface area contributed by atoms with Crippen LogP contribution in [0.2, 0.25) is 0 Å². The van der Waals surface area contributed by atoms with E-state index in [2.05, 4.69) is 189 Å². The summed E-state index contributed by atoms with van der Waals surface area (Å²) in [6.07, 6.45) is 3.49. The third-order valence-electron chi connectivity index (χ3n) is 13.3. The van der Waals surface area contributed by atoms with Gasteiger partial charge in [-0.05, 0) is 96.0 Å². The molecule has 464 valence electrons. The molecule has 0 radical (unpaired) electrons. The van der Waals surface area contributed by atoms with Gasteiger partial charge in [-0.1, -0.05) is 173 Å². The molecule has 4 aliphatic rings. The number of carbonyl (C=O) groups excluding carboxylic acids is 1. The van der Waals surface area contributed by atoms with Gasteiger partial charge in [0.05, 0.1) is 31.2 Å². The van der Waals surface area contributed by atoms with Crippen LogP contribution in [0.4, 0.5) is 0 Å². The second-order valence-corrected chi connectivity index (χ2v) is 38.7. The third-order valence-corrected chi connectivity index (χ3v) is 15.3. The smallest absolute Gasteiger partial charge is 0.423 e. The van der Waals surface area contributed by atoms with E-state index in [-0.39, 0.29) is 73.6 Å². The Balaban J connectivity index is 0.000000985. The number of aliphatic hydroxyl groups is 6. The Morgan fingerprint density at radius 2 is 1.04 bits per heavy atom. The molecule has 16 atom stereocenters. The minimum absolute atomic E-state index is 0. The van der Waals surface area contributed by atoms with Gasteiger partial charge in [0, 0.05) is 79.8 Å². The Morgan fingerprint density at radius 3 is 1.46 bits per heavy atom. The van der Waals surface area contributed by atoms with E-state index in [0.29, 0.717) is 36.3 Å². The minimum atomic E-state index is -1.38. The normalized spacial score (nSPS) is 28.4. The predicted molar refractivity (Wildman–Crippen MR) is 382 cm³/mol. The molecule has 4 heterocycles. The Bertz CT molecular complexity index is 2370. The van der Waals surface area contributed by atoms with Gasteiger partial charge < -0.3 is 64.4 Å². The van der Waals surface area contributed by atoms with Crippen LogP contribution < -0.4 is 18.7 Å². The molecule has 25 heteroatoms. The van der Waals surface area contributed by atoms with Crippen LogP contribution in [-0.4, -0.2) is 121 Å². The monoisotopic (exact) mass is 2070 g/mol. The SMILES string of the molecule is C.CC[C@H]1OC=C[C@@H](OC(C)=O)[C@@H]1C.CC[C@H]1O[C@H](c2cccc(Br)c2)C=C[C@@H]1C.CC[C@H]1O[C@H](c2cccc(Br)c2)[C@@H](O)[C@@H](O)[C@@H]1C.I.II.I[I-]I.OB(O)c1cccc(Br)c1.OC[C@H]1O[C@H](c2cccc(Br)c2)[C@@H](O)[C@@H](O)[C@@H]1O. The average molecular weight is 2080 g/mol. The van der Waals surface area contributed by atoms with Gasteiger partial charge in [0.25, 0.3) is 0 Å². The summed E-state index contributed by atoms with van der Waals surface area (Å²) in [6.45, 7) is 13.4. The van der Waals surface area contributed by atoms with Gasteiger partial charge in [0.15, 0.2) is 0 Å². The third kappa shape index (κ3) is 28.4. The number of ether oxygens (including phenoxy) is 5. The molecule has 82 heavy (non-hydrogen) atoms. The summed E-state index contributed by atoms with van der Waals surface area (Å²) in [5, 5.41) is 76.0. The van der Waals surface area contributed by atoms with Crippen molar-refractivity contribution in [1.29, 1.82) is 0 Å². The van der Waals surface area contributed by atoms with E-state index in [9.17, 15) is 30.3 Å². The molecule has 0 spiro atoms. The van der Waals surface area contributed by atoms with Crippen molar-refractivity contribution in [1.82, 2.24) is 0 Å². The predicted octanol–water partition coefficient (Wildman–Crippen LogP) is 10.9. The van der Waals surface area contributed by atoms with Crippen LogP contribution in [0.25, 0.3) is 0 Å². The van der Waals surface area contributed by atoms with Crippen molar-refractivity contribution in [3.63, 3.8) is 0 Å². The van der Waals surface area contributed by atoms with Crippen molar-refractivity contribution in [2.45, 2.75) is 155 Å². The Kier molecular flexibility index (Phi) is 46.6. The van der Waals surface area contributed by atoms with E-state index < -0.39 is 62.6 Å². The fourth-order valence-corrected chi connectivity index (χ4v) is 10.6. The number of rotatable bonds is 9. The number of benzene rings is 4. The van der Waals surface area contributed by atoms with Gasteiger partial charge in [-0.3, -0.25) is 4.79 Å². The van der Waals surface area contributed by atoms with Crippen molar-refractivity contribution >= 4 is 181 Å². The van der Waals surface area contributed by atoms with Gasteiger partial charge in [0.1, 0.15) is 61.0 Å². The van der Waals surface area contributed by atoms with Crippen LogP contribution >= 0.6 is 162 Å². The molecule has 0 bridgehead atoms. The molecule has 2 fully saturated rings. The van der Waals surface area contributed by atoms with Gasteiger partial charge in [0.2, 0.25) is 0 Å². The van der Waals surface area contributed by atoms with Crippen LogP contribution in [0, 0.1) is 17.8 Å².